The SMILES string of the molecule is COC(=O)[C@]12C[C@H]1CN(c1nc(-c3cc(C)ccc3OCc3ccc4c(c3)CCNC4)cs1)C2. The van der Waals surface area contributed by atoms with Gasteiger partial charge in [0.1, 0.15) is 12.4 Å². The predicted octanol–water partition coefficient (Wildman–Crippen LogP) is 4.34. The standard InChI is InChI=1S/C27H29N3O3S/c1-17-3-6-24(33-14-18-4-5-20-12-28-8-7-19(20)10-18)22(9-17)23-15-34-26(29-23)30-13-21-11-27(21,16-30)25(31)32-2/h3-6,9-10,15,21,28H,7-8,11-14,16H2,1-2H3/t21-,27-/m0/s1. The van der Waals surface area contributed by atoms with Crippen LogP contribution in [0.5, 0.6) is 5.75 Å². The number of anilines is 1. The summed E-state index contributed by atoms with van der Waals surface area (Å²) in [6.45, 7) is 6.16. The van der Waals surface area contributed by atoms with Crippen LogP contribution >= 0.6 is 11.3 Å². The minimum atomic E-state index is -0.316. The number of fused-ring (bicyclic) bond motifs is 2. The second-order valence-corrected chi connectivity index (χ2v) is 10.6. The number of carbonyl (C=O) groups is 1. The van der Waals surface area contributed by atoms with Crippen molar-refractivity contribution in [2.75, 3.05) is 31.6 Å². The van der Waals surface area contributed by atoms with Crippen LogP contribution in [0.15, 0.2) is 41.8 Å². The van der Waals surface area contributed by atoms with Crippen LogP contribution in [0.1, 0.15) is 28.7 Å². The van der Waals surface area contributed by atoms with Gasteiger partial charge in [-0.1, -0.05) is 29.8 Å². The van der Waals surface area contributed by atoms with Crippen molar-refractivity contribution in [3.05, 3.63) is 64.0 Å². The molecule has 1 saturated heterocycles. The van der Waals surface area contributed by atoms with E-state index in [1.807, 2.05) is 6.07 Å². The maximum absolute atomic E-state index is 12.2. The van der Waals surface area contributed by atoms with Crippen LogP contribution in [0, 0.1) is 18.3 Å². The van der Waals surface area contributed by atoms with E-state index in [2.05, 4.69) is 52.9 Å². The summed E-state index contributed by atoms with van der Waals surface area (Å²) in [7, 11) is 1.48. The smallest absolute Gasteiger partial charge is 0.313 e. The molecule has 34 heavy (non-hydrogen) atoms. The highest BCUT2D eigenvalue weighted by Crippen LogP contribution is 2.59. The molecule has 0 bridgehead atoms. The molecule has 6 nitrogen and oxygen atoms in total. The zero-order valence-corrected chi connectivity index (χ0v) is 20.4. The minimum absolute atomic E-state index is 0.0791. The number of nitrogens with zero attached hydrogens (tertiary/aromatic N) is 2. The molecule has 1 aromatic heterocycles. The Hall–Kier alpha value is -2.90. The fraction of sp³-hybridized carbons (Fsp3) is 0.407. The van der Waals surface area contributed by atoms with Gasteiger partial charge in [-0.05, 0) is 61.1 Å². The molecule has 3 heterocycles. The Morgan fingerprint density at radius 3 is 3.06 bits per heavy atom. The first kappa shape index (κ1) is 21.6. The molecule has 7 heteroatoms. The molecular weight excluding hydrogens is 446 g/mol. The van der Waals surface area contributed by atoms with E-state index in [9.17, 15) is 4.79 Å². The minimum Gasteiger partial charge on any atom is -0.488 e. The van der Waals surface area contributed by atoms with Crippen molar-refractivity contribution in [1.82, 2.24) is 10.3 Å². The van der Waals surface area contributed by atoms with Gasteiger partial charge in [-0.3, -0.25) is 4.79 Å². The number of piperidine rings is 1. The number of aromatic nitrogens is 1. The van der Waals surface area contributed by atoms with Crippen molar-refractivity contribution >= 4 is 22.4 Å². The van der Waals surface area contributed by atoms with Gasteiger partial charge in [-0.15, -0.1) is 11.3 Å². The maximum atomic E-state index is 12.2. The fourth-order valence-corrected chi connectivity index (χ4v) is 6.27. The first-order valence-corrected chi connectivity index (χ1v) is 12.8. The number of hydrogen-bond acceptors (Lipinski definition) is 7. The zero-order chi connectivity index (χ0) is 23.3. The molecule has 0 unspecified atom stereocenters. The first-order valence-electron chi connectivity index (χ1n) is 11.9. The van der Waals surface area contributed by atoms with Crippen molar-refractivity contribution in [3.8, 4) is 17.0 Å². The van der Waals surface area contributed by atoms with Gasteiger partial charge in [0.25, 0.3) is 0 Å². The zero-order valence-electron chi connectivity index (χ0n) is 19.6. The Bertz CT molecular complexity index is 1260. The molecular formula is C27H29N3O3S. The lowest BCUT2D eigenvalue weighted by Gasteiger charge is -2.19. The molecule has 0 radical (unpaired) electrons. The van der Waals surface area contributed by atoms with Crippen molar-refractivity contribution in [2.45, 2.75) is 32.9 Å². The monoisotopic (exact) mass is 475 g/mol. The molecule has 0 spiro atoms. The average Bonchev–Trinajstić information content (AvgIpc) is 3.21. The van der Waals surface area contributed by atoms with E-state index in [1.54, 1.807) is 11.3 Å². The quantitative estimate of drug-likeness (QED) is 0.535. The van der Waals surface area contributed by atoms with E-state index in [4.69, 9.17) is 14.5 Å². The molecule has 2 fully saturated rings. The summed E-state index contributed by atoms with van der Waals surface area (Å²) in [5.74, 6) is 1.15. The van der Waals surface area contributed by atoms with Crippen LogP contribution in [-0.2, 0) is 29.1 Å². The largest absolute Gasteiger partial charge is 0.488 e. The van der Waals surface area contributed by atoms with Crippen molar-refractivity contribution in [3.63, 3.8) is 0 Å². The molecule has 2 aliphatic heterocycles. The summed E-state index contributed by atoms with van der Waals surface area (Å²) >= 11 is 1.63. The van der Waals surface area contributed by atoms with E-state index in [1.165, 1.54) is 29.4 Å². The van der Waals surface area contributed by atoms with Crippen LogP contribution in [0.2, 0.25) is 0 Å². The molecule has 6 rings (SSSR count). The number of aryl methyl sites for hydroxylation is 1. The summed E-state index contributed by atoms with van der Waals surface area (Å²) in [5, 5.41) is 6.48. The third-order valence-electron chi connectivity index (χ3n) is 7.46. The first-order chi connectivity index (χ1) is 16.6. The topological polar surface area (TPSA) is 63.7 Å². The Morgan fingerprint density at radius 2 is 2.18 bits per heavy atom. The summed E-state index contributed by atoms with van der Waals surface area (Å²) < 4.78 is 11.4. The summed E-state index contributed by atoms with van der Waals surface area (Å²) in [5.41, 5.74) is 6.78. The molecule has 3 aromatic rings. The number of methoxy groups -OCH3 is 1. The van der Waals surface area contributed by atoms with Crippen molar-refractivity contribution in [1.29, 1.82) is 0 Å². The lowest BCUT2D eigenvalue weighted by Crippen LogP contribution is -2.29. The molecule has 1 aliphatic carbocycles. The molecule has 0 amide bonds. The highest BCUT2D eigenvalue weighted by atomic mass is 32.1. The highest BCUT2D eigenvalue weighted by Gasteiger charge is 2.66. The molecule has 176 valence electrons. The van der Waals surface area contributed by atoms with E-state index >= 15 is 0 Å². The van der Waals surface area contributed by atoms with Gasteiger partial charge >= 0.3 is 5.97 Å². The van der Waals surface area contributed by atoms with E-state index in [0.717, 1.165) is 54.6 Å². The maximum Gasteiger partial charge on any atom is 0.313 e. The number of carbonyl (C=O) groups excluding carboxylic acids is 1. The van der Waals surface area contributed by atoms with Gasteiger partial charge in [0, 0.05) is 30.6 Å². The Labute approximate surface area is 203 Å². The number of rotatable bonds is 6. The normalized spacial score (nSPS) is 22.8. The molecule has 1 saturated carbocycles. The van der Waals surface area contributed by atoms with E-state index in [-0.39, 0.29) is 11.4 Å². The highest BCUT2D eigenvalue weighted by molar-refractivity contribution is 7.14. The molecule has 3 aliphatic rings. The van der Waals surface area contributed by atoms with Crippen molar-refractivity contribution in [2.24, 2.45) is 11.3 Å². The second kappa shape index (κ2) is 8.40. The van der Waals surface area contributed by atoms with Gasteiger partial charge in [0.15, 0.2) is 5.13 Å². The average molecular weight is 476 g/mol. The van der Waals surface area contributed by atoms with Gasteiger partial charge in [0.05, 0.1) is 18.2 Å². The van der Waals surface area contributed by atoms with Gasteiger partial charge in [-0.2, -0.15) is 0 Å². The van der Waals surface area contributed by atoms with Crippen molar-refractivity contribution < 1.29 is 14.3 Å². The third-order valence-corrected chi connectivity index (χ3v) is 8.36. The van der Waals surface area contributed by atoms with Gasteiger partial charge in [-0.25, -0.2) is 4.98 Å². The Kier molecular flexibility index (Phi) is 5.34. The van der Waals surface area contributed by atoms with E-state index in [0.29, 0.717) is 19.1 Å². The lowest BCUT2D eigenvalue weighted by atomic mass is 9.99. The van der Waals surface area contributed by atoms with Gasteiger partial charge < -0.3 is 19.7 Å². The third kappa shape index (κ3) is 3.77. The van der Waals surface area contributed by atoms with Crippen LogP contribution in [-0.4, -0.2) is 37.7 Å². The molecule has 2 atom stereocenters. The Morgan fingerprint density at radius 1 is 1.26 bits per heavy atom. The number of nitrogens with one attached hydrogen (secondary N) is 1. The number of ether oxygens (including phenoxy) is 2. The van der Waals surface area contributed by atoms with E-state index < -0.39 is 0 Å². The lowest BCUT2D eigenvalue weighted by molar-refractivity contribution is -0.146. The van der Waals surface area contributed by atoms with Crippen LogP contribution < -0.4 is 15.0 Å². The summed E-state index contributed by atoms with van der Waals surface area (Å²) in [4.78, 5) is 19.4. The second-order valence-electron chi connectivity index (χ2n) is 9.76. The molecule has 2 aromatic carbocycles. The van der Waals surface area contributed by atoms with Crippen LogP contribution in [0.3, 0.4) is 0 Å². The summed E-state index contributed by atoms with van der Waals surface area (Å²) in [6, 6.07) is 12.9. The molecule has 1 N–H and O–H groups in total. The van der Waals surface area contributed by atoms with Crippen LogP contribution in [0.25, 0.3) is 11.3 Å². The Balaban J connectivity index is 1.20. The van der Waals surface area contributed by atoms with Gasteiger partial charge in [0.2, 0.25) is 0 Å². The fourth-order valence-electron chi connectivity index (χ4n) is 5.43. The number of hydrogen-bond donors (Lipinski definition) is 1. The predicted molar refractivity (Wildman–Crippen MR) is 133 cm³/mol. The summed E-state index contributed by atoms with van der Waals surface area (Å²) in [6.07, 6.45) is 2.00. The number of thiazole rings is 1. The number of benzene rings is 2. The van der Waals surface area contributed by atoms with Crippen LogP contribution in [0.4, 0.5) is 5.13 Å². The number of esters is 1.